The molecule has 3 aromatic carbocycles. The molecule has 0 fully saturated rings. The number of rotatable bonds is 20. The van der Waals surface area contributed by atoms with Gasteiger partial charge >= 0.3 is 5.97 Å². The molecule has 1 aliphatic carbocycles. The van der Waals surface area contributed by atoms with Crippen molar-refractivity contribution in [3.63, 3.8) is 0 Å². The van der Waals surface area contributed by atoms with E-state index in [1.807, 2.05) is 61.5 Å². The fourth-order valence-electron chi connectivity index (χ4n) is 8.99. The molecular weight excluding hydrogens is 945 g/mol. The molecule has 3 aromatic rings. The molecule has 0 bridgehead atoms. The number of unbranched alkanes of at least 4 members (excludes halogenated alkanes) is 2. The van der Waals surface area contributed by atoms with Crippen molar-refractivity contribution in [1.29, 1.82) is 0 Å². The normalized spacial score (nSPS) is 18.4. The van der Waals surface area contributed by atoms with Crippen LogP contribution in [0, 0.1) is 0 Å². The van der Waals surface area contributed by atoms with E-state index in [4.69, 9.17) is 4.74 Å². The van der Waals surface area contributed by atoms with E-state index >= 15 is 0 Å². The number of hydrogen-bond acceptors (Lipinski definition) is 11. The van der Waals surface area contributed by atoms with Gasteiger partial charge in [-0.05, 0) is 136 Å². The quantitative estimate of drug-likeness (QED) is 0.0322. The van der Waals surface area contributed by atoms with Gasteiger partial charge in [-0.2, -0.15) is 29.8 Å². The number of aliphatic carboxylic acids is 1. The van der Waals surface area contributed by atoms with Gasteiger partial charge in [0.05, 0.1) is 26.7 Å². The molecule has 362 valence electrons. The molecule has 0 saturated carbocycles. The Hall–Kier alpha value is -4.96. The van der Waals surface area contributed by atoms with E-state index in [2.05, 4.69) is 0 Å². The molecule has 0 aromatic heterocycles. The Morgan fingerprint density at radius 2 is 1.46 bits per heavy atom. The van der Waals surface area contributed by atoms with Crippen LogP contribution >= 0.6 is 0 Å². The predicted octanol–water partition coefficient (Wildman–Crippen LogP) is 7.31. The fourth-order valence-corrected chi connectivity index (χ4v) is 11.1. The Kier molecular flexibility index (Phi) is 15.6. The molecule has 3 aliphatic rings. The van der Waals surface area contributed by atoms with Crippen molar-refractivity contribution in [2.75, 3.05) is 29.5 Å². The van der Waals surface area contributed by atoms with E-state index in [1.165, 1.54) is 18.2 Å². The zero-order chi connectivity index (χ0) is 49.1. The van der Waals surface area contributed by atoms with Gasteiger partial charge in [-0.3, -0.25) is 18.5 Å². The van der Waals surface area contributed by atoms with Crippen LogP contribution in [-0.2, 0) is 63.1 Å². The van der Waals surface area contributed by atoms with Gasteiger partial charge in [0.15, 0.2) is 16.4 Å². The van der Waals surface area contributed by atoms with Crippen LogP contribution < -0.4 is 9.64 Å². The fraction of sp³-hybridized carbons (Fsp3) is 0.404. The van der Waals surface area contributed by atoms with Crippen molar-refractivity contribution in [3.05, 3.63) is 124 Å². The van der Waals surface area contributed by atoms with Crippen LogP contribution in [0.25, 0.3) is 0 Å². The van der Waals surface area contributed by atoms with Gasteiger partial charge in [0, 0.05) is 53.9 Å². The molecule has 0 atom stereocenters. The highest BCUT2D eigenvalue weighted by Gasteiger charge is 2.45. The summed E-state index contributed by atoms with van der Waals surface area (Å²) in [6.07, 6.45) is 11.1. The minimum atomic E-state index is -4.54. The maximum atomic E-state index is 12.3. The SMILES string of the molecule is CC1(C)C(/C=C/C2=C(Oc3ccc(CCC(=O)O)cc3)C(=C/C=C3/N(CCCCS(=O)(=O)O)c4ccc(S(=O)(=O)O)cc4C3(C)C)/CCC2)=[N+](CCCCS(=O)(=O)O)c2ccc([SH](=O)=O)cc21. The molecule has 67 heavy (non-hydrogen) atoms. The van der Waals surface area contributed by atoms with Crippen molar-refractivity contribution in [1.82, 2.24) is 0 Å². The number of fused-ring (bicyclic) bond motifs is 2. The van der Waals surface area contributed by atoms with E-state index in [0.717, 1.165) is 39.4 Å². The second kappa shape index (κ2) is 20.3. The number of carboxylic acid groups (broad SMARTS) is 1. The number of hydrogen-bond donors (Lipinski definition) is 5. The van der Waals surface area contributed by atoms with E-state index < -0.39 is 69.4 Å². The summed E-state index contributed by atoms with van der Waals surface area (Å²) in [4.78, 5) is 13.1. The first kappa shape index (κ1) is 51.4. The van der Waals surface area contributed by atoms with Gasteiger partial charge in [0.25, 0.3) is 30.4 Å². The molecule has 20 heteroatoms. The highest BCUT2D eigenvalue weighted by atomic mass is 32.2. The summed E-state index contributed by atoms with van der Waals surface area (Å²) in [5.41, 5.74) is 5.35. The molecule has 6 rings (SSSR count). The number of ether oxygens (including phenoxy) is 1. The molecule has 0 radical (unpaired) electrons. The minimum absolute atomic E-state index is 0.0378. The average molecular weight is 1000 g/mol. The first-order valence-electron chi connectivity index (χ1n) is 21.8. The van der Waals surface area contributed by atoms with E-state index in [9.17, 15) is 57.2 Å². The Morgan fingerprint density at radius 3 is 2.09 bits per heavy atom. The lowest BCUT2D eigenvalue weighted by Gasteiger charge is -2.27. The number of allylic oxidation sites excluding steroid dienone is 7. The van der Waals surface area contributed by atoms with Crippen LogP contribution in [0.5, 0.6) is 5.75 Å². The lowest BCUT2D eigenvalue weighted by molar-refractivity contribution is -0.438. The number of thiol groups is 1. The first-order valence-corrected chi connectivity index (χ1v) is 27.6. The number of aryl methyl sites for hydroxylation is 1. The third kappa shape index (κ3) is 12.6. The summed E-state index contributed by atoms with van der Waals surface area (Å²) >= 11 is 0. The van der Waals surface area contributed by atoms with Crippen LogP contribution in [0.2, 0.25) is 0 Å². The molecular formula is C47H57N2O14S4+. The number of carbonyl (C=O) groups is 1. The van der Waals surface area contributed by atoms with E-state index in [1.54, 1.807) is 42.5 Å². The summed E-state index contributed by atoms with van der Waals surface area (Å²) in [7, 11) is -15.8. The molecule has 4 N–H and O–H groups in total. The number of nitrogens with zero attached hydrogens (tertiary/aromatic N) is 2. The summed E-state index contributed by atoms with van der Waals surface area (Å²) < 4.78 is 132. The molecule has 2 aliphatic heterocycles. The first-order chi connectivity index (χ1) is 31.3. The average Bonchev–Trinajstić information content (AvgIpc) is 3.58. The van der Waals surface area contributed by atoms with Crippen LogP contribution in [0.4, 0.5) is 11.4 Å². The second-order valence-electron chi connectivity index (χ2n) is 18.0. The Labute approximate surface area is 394 Å². The van der Waals surface area contributed by atoms with E-state index in [-0.39, 0.29) is 29.1 Å². The molecule has 0 unspecified atom stereocenters. The second-order valence-corrected chi connectivity index (χ2v) is 23.6. The summed E-state index contributed by atoms with van der Waals surface area (Å²) in [5.74, 6) is -0.702. The lowest BCUT2D eigenvalue weighted by atomic mass is 9.81. The Morgan fingerprint density at radius 1 is 0.791 bits per heavy atom. The van der Waals surface area contributed by atoms with Gasteiger partial charge in [-0.25, -0.2) is 8.42 Å². The summed E-state index contributed by atoms with van der Waals surface area (Å²) in [5, 5.41) is 9.23. The summed E-state index contributed by atoms with van der Waals surface area (Å²) in [6.45, 7) is 8.50. The molecule has 16 nitrogen and oxygen atoms in total. The Bertz CT molecular complexity index is 3010. The standard InChI is InChI=1S/C47H56N2O14S4/c1-46(2)38-30-36(64(52)53)19-21-40(38)48(26-5-7-28-65(54,55)56)42(46)23-15-33-10-9-11-34(45(33)63-35-17-12-32(13-18-35)14-25-44(50)51)16-24-43-47(3,4)39-31-37(67(60,61)62)20-22-41(39)49(43)27-6-8-29-66(57,58)59/h12-13,15-24,30-31,64H,5-11,14,25-29H2,1-4H3,(H3-,50,51,54,55,56,57,58,59,60,61,62)/p+1. The lowest BCUT2D eigenvalue weighted by Crippen LogP contribution is -2.28. The van der Waals surface area contributed by atoms with Crippen LogP contribution in [0.1, 0.15) is 95.8 Å². The topological polar surface area (TPSA) is 250 Å². The van der Waals surface area contributed by atoms with Crippen LogP contribution in [0.3, 0.4) is 0 Å². The number of benzene rings is 3. The van der Waals surface area contributed by atoms with Crippen molar-refractivity contribution in [3.8, 4) is 5.75 Å². The van der Waals surface area contributed by atoms with E-state index in [0.29, 0.717) is 74.4 Å². The zero-order valence-corrected chi connectivity index (χ0v) is 41.1. The smallest absolute Gasteiger partial charge is 0.303 e. The highest BCUT2D eigenvalue weighted by Crippen LogP contribution is 2.49. The molecule has 0 spiro atoms. The van der Waals surface area contributed by atoms with Gasteiger partial charge < -0.3 is 14.7 Å². The minimum Gasteiger partial charge on any atom is -0.481 e. The highest BCUT2D eigenvalue weighted by molar-refractivity contribution is 7.86. The van der Waals surface area contributed by atoms with Crippen molar-refractivity contribution < 1.29 is 66.5 Å². The monoisotopic (exact) mass is 1000 g/mol. The largest absolute Gasteiger partial charge is 0.481 e. The zero-order valence-electron chi connectivity index (χ0n) is 37.7. The third-order valence-corrected chi connectivity index (χ3v) is 15.6. The molecule has 2 heterocycles. The van der Waals surface area contributed by atoms with Crippen molar-refractivity contribution in [2.24, 2.45) is 0 Å². The summed E-state index contributed by atoms with van der Waals surface area (Å²) in [6, 6.07) is 16.4. The predicted molar refractivity (Wildman–Crippen MR) is 255 cm³/mol. The molecule has 0 saturated heterocycles. The van der Waals surface area contributed by atoms with Gasteiger partial charge in [-0.1, -0.05) is 32.1 Å². The number of anilines is 1. The maximum absolute atomic E-state index is 12.3. The Balaban J connectivity index is 1.47. The van der Waals surface area contributed by atoms with Gasteiger partial charge in [0.1, 0.15) is 18.1 Å². The molecule has 0 amide bonds. The number of carboxylic acids is 1. The third-order valence-electron chi connectivity index (χ3n) is 12.4. The maximum Gasteiger partial charge on any atom is 0.303 e. The van der Waals surface area contributed by atoms with Crippen LogP contribution in [-0.4, -0.2) is 93.3 Å². The van der Waals surface area contributed by atoms with Crippen molar-refractivity contribution in [2.45, 2.75) is 106 Å². The van der Waals surface area contributed by atoms with Gasteiger partial charge in [-0.15, -0.1) is 0 Å². The van der Waals surface area contributed by atoms with Gasteiger partial charge in [0.2, 0.25) is 5.69 Å². The van der Waals surface area contributed by atoms with Crippen LogP contribution in [0.15, 0.2) is 117 Å². The van der Waals surface area contributed by atoms with Crippen molar-refractivity contribution >= 4 is 64.1 Å².